The summed E-state index contributed by atoms with van der Waals surface area (Å²) < 4.78 is 27.0. The van der Waals surface area contributed by atoms with Gasteiger partial charge < -0.3 is 5.32 Å². The van der Waals surface area contributed by atoms with Crippen molar-refractivity contribution >= 4 is 21.6 Å². The molecule has 0 spiro atoms. The van der Waals surface area contributed by atoms with Gasteiger partial charge in [0.1, 0.15) is 0 Å². The zero-order chi connectivity index (χ0) is 17.7. The zero-order valence-corrected chi connectivity index (χ0v) is 14.9. The van der Waals surface area contributed by atoms with E-state index in [1.165, 1.54) is 24.3 Å². The summed E-state index contributed by atoms with van der Waals surface area (Å²) in [6.45, 7) is 5.69. The smallest absolute Gasteiger partial charge is 0.255 e. The lowest BCUT2D eigenvalue weighted by Crippen LogP contribution is -2.32. The highest BCUT2D eigenvalue weighted by molar-refractivity contribution is 7.89. The van der Waals surface area contributed by atoms with Gasteiger partial charge in [-0.2, -0.15) is 0 Å². The van der Waals surface area contributed by atoms with E-state index in [4.69, 9.17) is 0 Å². The Balaban J connectivity index is 2.11. The Morgan fingerprint density at radius 2 is 1.62 bits per heavy atom. The van der Waals surface area contributed by atoms with Gasteiger partial charge in [-0.25, -0.2) is 13.1 Å². The second-order valence-corrected chi connectivity index (χ2v) is 7.49. The highest BCUT2D eigenvalue weighted by Gasteiger charge is 2.17. The second-order valence-electron chi connectivity index (χ2n) is 5.78. The first kappa shape index (κ1) is 18.2. The van der Waals surface area contributed by atoms with Crippen LogP contribution in [0.4, 0.5) is 5.69 Å². The molecule has 2 N–H and O–H groups in total. The van der Waals surface area contributed by atoms with Crippen LogP contribution in [0.3, 0.4) is 0 Å². The fraction of sp³-hybridized carbons (Fsp3) is 0.278. The third kappa shape index (κ3) is 4.66. The van der Waals surface area contributed by atoms with E-state index in [1.807, 2.05) is 38.1 Å². The lowest BCUT2D eigenvalue weighted by Gasteiger charge is -2.12. The van der Waals surface area contributed by atoms with Crippen LogP contribution < -0.4 is 10.0 Å². The lowest BCUT2D eigenvalue weighted by atomic mass is 10.2. The Bertz CT molecular complexity index is 797. The molecule has 6 heteroatoms. The normalized spacial score (nSPS) is 12.6. The van der Waals surface area contributed by atoms with Crippen molar-refractivity contribution in [2.45, 2.75) is 38.1 Å². The standard InChI is InChI=1S/C18H22N2O3S/c1-4-14(3)20-24(22,23)17-11-7-15(8-12-17)18(21)19-16-9-5-13(2)6-10-16/h5-12,14,20H,4H2,1-3H3,(H,19,21). The summed E-state index contributed by atoms with van der Waals surface area (Å²) in [6, 6.07) is 13.2. The monoisotopic (exact) mass is 346 g/mol. The average Bonchev–Trinajstić information content (AvgIpc) is 2.56. The van der Waals surface area contributed by atoms with Crippen LogP contribution in [0.5, 0.6) is 0 Å². The van der Waals surface area contributed by atoms with Crippen molar-refractivity contribution in [2.24, 2.45) is 0 Å². The van der Waals surface area contributed by atoms with Gasteiger partial charge in [-0.1, -0.05) is 24.6 Å². The Kier molecular flexibility index (Phi) is 5.75. The molecule has 0 aliphatic carbocycles. The molecule has 0 aliphatic rings. The Labute approximate surface area is 143 Å². The lowest BCUT2D eigenvalue weighted by molar-refractivity contribution is 0.102. The van der Waals surface area contributed by atoms with E-state index in [1.54, 1.807) is 6.92 Å². The quantitative estimate of drug-likeness (QED) is 0.842. The van der Waals surface area contributed by atoms with E-state index in [-0.39, 0.29) is 16.8 Å². The van der Waals surface area contributed by atoms with E-state index in [2.05, 4.69) is 10.0 Å². The van der Waals surface area contributed by atoms with Gasteiger partial charge in [-0.15, -0.1) is 0 Å². The largest absolute Gasteiger partial charge is 0.322 e. The summed E-state index contributed by atoms with van der Waals surface area (Å²) in [5.41, 5.74) is 2.20. The minimum Gasteiger partial charge on any atom is -0.322 e. The first-order valence-electron chi connectivity index (χ1n) is 7.82. The molecule has 0 radical (unpaired) electrons. The van der Waals surface area contributed by atoms with Crippen LogP contribution >= 0.6 is 0 Å². The van der Waals surface area contributed by atoms with Crippen LogP contribution in [0, 0.1) is 6.92 Å². The number of carbonyl (C=O) groups excluding carboxylic acids is 1. The number of rotatable bonds is 6. The van der Waals surface area contributed by atoms with Crippen molar-refractivity contribution in [3.8, 4) is 0 Å². The van der Waals surface area contributed by atoms with Crippen molar-refractivity contribution < 1.29 is 13.2 Å². The Morgan fingerprint density at radius 1 is 1.04 bits per heavy atom. The van der Waals surface area contributed by atoms with Crippen LogP contribution in [0.25, 0.3) is 0 Å². The van der Waals surface area contributed by atoms with Crippen molar-refractivity contribution in [1.29, 1.82) is 0 Å². The minimum absolute atomic E-state index is 0.139. The molecule has 5 nitrogen and oxygen atoms in total. The molecule has 2 rings (SSSR count). The summed E-state index contributed by atoms with van der Waals surface area (Å²) in [5.74, 6) is -0.280. The van der Waals surface area contributed by atoms with Crippen LogP contribution in [0.1, 0.15) is 36.2 Å². The summed E-state index contributed by atoms with van der Waals surface area (Å²) in [6.07, 6.45) is 0.705. The maximum absolute atomic E-state index is 12.2. The highest BCUT2D eigenvalue weighted by Crippen LogP contribution is 2.14. The third-order valence-corrected chi connectivity index (χ3v) is 5.31. The first-order valence-corrected chi connectivity index (χ1v) is 9.30. The van der Waals surface area contributed by atoms with Crippen LogP contribution in [-0.2, 0) is 10.0 Å². The molecule has 0 aliphatic heterocycles. The number of nitrogens with one attached hydrogen (secondary N) is 2. The molecule has 1 amide bonds. The van der Waals surface area contributed by atoms with E-state index in [9.17, 15) is 13.2 Å². The van der Waals surface area contributed by atoms with Crippen molar-refractivity contribution in [3.05, 3.63) is 59.7 Å². The van der Waals surface area contributed by atoms with Crippen molar-refractivity contribution in [2.75, 3.05) is 5.32 Å². The Morgan fingerprint density at radius 3 is 2.17 bits per heavy atom. The van der Waals surface area contributed by atoms with E-state index < -0.39 is 10.0 Å². The van der Waals surface area contributed by atoms with E-state index in [0.29, 0.717) is 17.7 Å². The molecule has 1 atom stereocenters. The number of aryl methyl sites for hydroxylation is 1. The first-order chi connectivity index (χ1) is 11.3. The van der Waals surface area contributed by atoms with Gasteiger partial charge in [-0.3, -0.25) is 4.79 Å². The molecule has 0 fully saturated rings. The Hall–Kier alpha value is -2.18. The second kappa shape index (κ2) is 7.59. The molecular weight excluding hydrogens is 324 g/mol. The number of anilines is 1. The van der Waals surface area contributed by atoms with Gasteiger partial charge in [0, 0.05) is 17.3 Å². The molecule has 2 aromatic carbocycles. The van der Waals surface area contributed by atoms with Crippen LogP contribution in [0.2, 0.25) is 0 Å². The molecule has 128 valence electrons. The van der Waals surface area contributed by atoms with E-state index in [0.717, 1.165) is 5.56 Å². The van der Waals surface area contributed by atoms with Gasteiger partial charge in [-0.05, 0) is 56.7 Å². The van der Waals surface area contributed by atoms with Crippen molar-refractivity contribution in [3.63, 3.8) is 0 Å². The molecule has 0 saturated heterocycles. The summed E-state index contributed by atoms with van der Waals surface area (Å²) in [5, 5.41) is 2.78. The maximum Gasteiger partial charge on any atom is 0.255 e. The van der Waals surface area contributed by atoms with Gasteiger partial charge in [0.25, 0.3) is 5.91 Å². The molecule has 0 heterocycles. The SMILES string of the molecule is CCC(C)NS(=O)(=O)c1ccc(C(=O)Nc2ccc(C)cc2)cc1. The number of carbonyl (C=O) groups is 1. The number of amides is 1. The fourth-order valence-corrected chi connectivity index (χ4v) is 3.37. The van der Waals surface area contributed by atoms with Crippen molar-refractivity contribution in [1.82, 2.24) is 4.72 Å². The van der Waals surface area contributed by atoms with Crippen LogP contribution in [0.15, 0.2) is 53.4 Å². The summed E-state index contributed by atoms with van der Waals surface area (Å²) in [4.78, 5) is 12.4. The zero-order valence-electron chi connectivity index (χ0n) is 14.0. The van der Waals surface area contributed by atoms with Gasteiger partial charge in [0.15, 0.2) is 0 Å². The number of benzene rings is 2. The van der Waals surface area contributed by atoms with Gasteiger partial charge in [0.05, 0.1) is 4.90 Å². The number of sulfonamides is 1. The van der Waals surface area contributed by atoms with E-state index >= 15 is 0 Å². The molecule has 24 heavy (non-hydrogen) atoms. The molecule has 2 aromatic rings. The summed E-state index contributed by atoms with van der Waals surface area (Å²) >= 11 is 0. The summed E-state index contributed by atoms with van der Waals surface area (Å²) in [7, 11) is -3.56. The predicted octanol–water partition coefficient (Wildman–Crippen LogP) is 3.32. The number of hydrogen-bond acceptors (Lipinski definition) is 3. The molecule has 1 unspecified atom stereocenters. The molecule has 0 bridgehead atoms. The van der Waals surface area contributed by atoms with Gasteiger partial charge in [0.2, 0.25) is 10.0 Å². The minimum atomic E-state index is -3.56. The average molecular weight is 346 g/mol. The van der Waals surface area contributed by atoms with Crippen LogP contribution in [-0.4, -0.2) is 20.4 Å². The third-order valence-electron chi connectivity index (χ3n) is 3.70. The maximum atomic E-state index is 12.2. The molecule has 0 aromatic heterocycles. The van der Waals surface area contributed by atoms with Gasteiger partial charge >= 0.3 is 0 Å². The molecular formula is C18H22N2O3S. The number of hydrogen-bond donors (Lipinski definition) is 2. The highest BCUT2D eigenvalue weighted by atomic mass is 32.2. The molecule has 0 saturated carbocycles. The predicted molar refractivity (Wildman–Crippen MR) is 95.6 cm³/mol. The fourth-order valence-electron chi connectivity index (χ4n) is 2.04. The topological polar surface area (TPSA) is 75.3 Å².